The summed E-state index contributed by atoms with van der Waals surface area (Å²) in [7, 11) is 0. The average molecular weight is 228 g/mol. The number of phenolic OH excluding ortho intramolecular Hbond substituents is 1. The van der Waals surface area contributed by atoms with Gasteiger partial charge in [-0.1, -0.05) is 53.1 Å². The van der Waals surface area contributed by atoms with E-state index >= 15 is 0 Å². The molecule has 0 atom stereocenters. The molecule has 1 heteroatoms. The van der Waals surface area contributed by atoms with Crippen LogP contribution in [-0.2, 0) is 0 Å². The van der Waals surface area contributed by atoms with Crippen molar-refractivity contribution in [2.24, 2.45) is 0 Å². The van der Waals surface area contributed by atoms with E-state index in [2.05, 4.69) is 39.0 Å². The van der Waals surface area contributed by atoms with Crippen molar-refractivity contribution in [3.8, 4) is 5.75 Å². The van der Waals surface area contributed by atoms with Crippen LogP contribution in [0.2, 0.25) is 0 Å². The number of rotatable bonds is 0. The number of phenols is 1. The third-order valence-electron chi connectivity index (χ3n) is 2.48. The molecule has 0 spiro atoms. The van der Waals surface area contributed by atoms with E-state index in [1.54, 1.807) is 6.07 Å². The lowest BCUT2D eigenvalue weighted by Gasteiger charge is -1.96. The highest BCUT2D eigenvalue weighted by Gasteiger charge is 1.87. The first-order chi connectivity index (χ1) is 7.99. The molecule has 0 saturated heterocycles. The monoisotopic (exact) mass is 228 g/mol. The van der Waals surface area contributed by atoms with Gasteiger partial charge in [0, 0.05) is 0 Å². The molecule has 0 bridgehead atoms. The zero-order chi connectivity index (χ0) is 12.8. The molecule has 0 amide bonds. The Kier molecular flexibility index (Phi) is 4.77. The molecule has 2 aromatic rings. The summed E-state index contributed by atoms with van der Waals surface area (Å²) in [6, 6.07) is 13.8. The second-order valence-electron chi connectivity index (χ2n) is 4.45. The topological polar surface area (TPSA) is 20.2 Å². The van der Waals surface area contributed by atoms with Gasteiger partial charge in [-0.15, -0.1) is 0 Å². The molecule has 1 N–H and O–H groups in total. The standard InChI is InChI=1S/C9H12.C7H8O/c1-7-4-8(2)6-9(3)5-7;1-6-4-2-3-5-7(6)8/h4-6H,1-3H3;2-5,8H,1H3. The van der Waals surface area contributed by atoms with Gasteiger partial charge in [0.05, 0.1) is 0 Å². The molecular weight excluding hydrogens is 208 g/mol. The van der Waals surface area contributed by atoms with Gasteiger partial charge in [-0.3, -0.25) is 0 Å². The van der Waals surface area contributed by atoms with Gasteiger partial charge in [-0.25, -0.2) is 0 Å². The van der Waals surface area contributed by atoms with Gasteiger partial charge >= 0.3 is 0 Å². The van der Waals surface area contributed by atoms with Crippen LogP contribution in [0, 0.1) is 27.7 Å². The van der Waals surface area contributed by atoms with Crippen LogP contribution in [0.15, 0.2) is 42.5 Å². The maximum atomic E-state index is 8.92. The number of benzene rings is 2. The highest BCUT2D eigenvalue weighted by atomic mass is 16.3. The highest BCUT2D eigenvalue weighted by Crippen LogP contribution is 2.12. The van der Waals surface area contributed by atoms with Crippen molar-refractivity contribution >= 4 is 0 Å². The number of para-hydroxylation sites is 1. The van der Waals surface area contributed by atoms with Crippen LogP contribution < -0.4 is 0 Å². The van der Waals surface area contributed by atoms with Gasteiger partial charge in [0.25, 0.3) is 0 Å². The minimum atomic E-state index is 0.368. The zero-order valence-corrected chi connectivity index (χ0v) is 11.0. The normalized spacial score (nSPS) is 9.41. The second kappa shape index (κ2) is 6.09. The Bertz CT molecular complexity index is 415. The van der Waals surface area contributed by atoms with Crippen molar-refractivity contribution in [2.75, 3.05) is 0 Å². The first-order valence-electron chi connectivity index (χ1n) is 5.78. The summed E-state index contributed by atoms with van der Waals surface area (Å²) < 4.78 is 0. The number of hydrogen-bond acceptors (Lipinski definition) is 1. The smallest absolute Gasteiger partial charge is 0.118 e. The first kappa shape index (κ1) is 13.3. The van der Waals surface area contributed by atoms with Crippen molar-refractivity contribution in [2.45, 2.75) is 27.7 Å². The van der Waals surface area contributed by atoms with Crippen LogP contribution in [0.4, 0.5) is 0 Å². The van der Waals surface area contributed by atoms with Crippen molar-refractivity contribution < 1.29 is 5.11 Å². The summed E-state index contributed by atoms with van der Waals surface area (Å²) in [5.74, 6) is 0.368. The van der Waals surface area contributed by atoms with Crippen LogP contribution in [-0.4, -0.2) is 5.11 Å². The molecule has 0 aliphatic heterocycles. The van der Waals surface area contributed by atoms with E-state index in [0.29, 0.717) is 5.75 Å². The Morgan fingerprint density at radius 2 is 1.12 bits per heavy atom. The van der Waals surface area contributed by atoms with Gasteiger partial charge in [-0.2, -0.15) is 0 Å². The SMILES string of the molecule is Cc1cc(C)cc(C)c1.Cc1ccccc1O. The second-order valence-corrected chi connectivity index (χ2v) is 4.45. The van der Waals surface area contributed by atoms with Gasteiger partial charge in [0.2, 0.25) is 0 Å². The molecule has 0 heterocycles. The van der Waals surface area contributed by atoms with Gasteiger partial charge in [0.1, 0.15) is 5.75 Å². The third-order valence-corrected chi connectivity index (χ3v) is 2.48. The fourth-order valence-corrected chi connectivity index (χ4v) is 1.77. The zero-order valence-electron chi connectivity index (χ0n) is 11.0. The summed E-state index contributed by atoms with van der Waals surface area (Å²) in [6.45, 7) is 8.25. The van der Waals surface area contributed by atoms with Crippen LogP contribution in [0.25, 0.3) is 0 Å². The summed E-state index contributed by atoms with van der Waals surface area (Å²) in [6.07, 6.45) is 0. The van der Waals surface area contributed by atoms with Crippen LogP contribution >= 0.6 is 0 Å². The largest absolute Gasteiger partial charge is 0.508 e. The third kappa shape index (κ3) is 4.73. The summed E-state index contributed by atoms with van der Waals surface area (Å²) in [4.78, 5) is 0. The van der Waals surface area contributed by atoms with E-state index in [-0.39, 0.29) is 0 Å². The Balaban J connectivity index is 0.000000171. The minimum Gasteiger partial charge on any atom is -0.508 e. The summed E-state index contributed by atoms with van der Waals surface area (Å²) >= 11 is 0. The highest BCUT2D eigenvalue weighted by molar-refractivity contribution is 5.29. The van der Waals surface area contributed by atoms with E-state index in [1.165, 1.54) is 16.7 Å². The lowest BCUT2D eigenvalue weighted by molar-refractivity contribution is 0.471. The maximum absolute atomic E-state index is 8.92. The van der Waals surface area contributed by atoms with E-state index in [9.17, 15) is 0 Å². The molecule has 2 aromatic carbocycles. The van der Waals surface area contributed by atoms with E-state index in [0.717, 1.165) is 5.56 Å². The molecule has 0 radical (unpaired) electrons. The Labute approximate surface area is 104 Å². The van der Waals surface area contributed by atoms with Crippen LogP contribution in [0.5, 0.6) is 5.75 Å². The van der Waals surface area contributed by atoms with Crippen molar-refractivity contribution in [1.82, 2.24) is 0 Å². The molecule has 0 aliphatic carbocycles. The predicted octanol–water partition coefficient (Wildman–Crippen LogP) is 4.31. The Morgan fingerprint density at radius 3 is 1.41 bits per heavy atom. The van der Waals surface area contributed by atoms with Gasteiger partial charge in [-0.05, 0) is 39.3 Å². The van der Waals surface area contributed by atoms with Gasteiger partial charge in [0.15, 0.2) is 0 Å². The Hall–Kier alpha value is -1.76. The van der Waals surface area contributed by atoms with Crippen molar-refractivity contribution in [3.63, 3.8) is 0 Å². The molecule has 90 valence electrons. The summed E-state index contributed by atoms with van der Waals surface area (Å²) in [5, 5.41) is 8.92. The summed E-state index contributed by atoms with van der Waals surface area (Å²) in [5.41, 5.74) is 4.99. The van der Waals surface area contributed by atoms with Crippen molar-refractivity contribution in [3.05, 3.63) is 64.7 Å². The fraction of sp³-hybridized carbons (Fsp3) is 0.250. The molecular formula is C16H20O. The molecule has 0 aromatic heterocycles. The van der Waals surface area contributed by atoms with E-state index < -0.39 is 0 Å². The fourth-order valence-electron chi connectivity index (χ4n) is 1.77. The van der Waals surface area contributed by atoms with E-state index in [4.69, 9.17) is 5.11 Å². The van der Waals surface area contributed by atoms with Crippen LogP contribution in [0.1, 0.15) is 22.3 Å². The molecule has 2 rings (SSSR count). The molecule has 17 heavy (non-hydrogen) atoms. The minimum absolute atomic E-state index is 0.368. The lowest BCUT2D eigenvalue weighted by Crippen LogP contribution is -1.78. The first-order valence-corrected chi connectivity index (χ1v) is 5.78. The number of aromatic hydroxyl groups is 1. The average Bonchev–Trinajstić information content (AvgIpc) is 2.21. The van der Waals surface area contributed by atoms with Gasteiger partial charge < -0.3 is 5.11 Å². The molecule has 0 aliphatic rings. The van der Waals surface area contributed by atoms with Crippen molar-refractivity contribution in [1.29, 1.82) is 0 Å². The van der Waals surface area contributed by atoms with Crippen LogP contribution in [0.3, 0.4) is 0 Å². The lowest BCUT2D eigenvalue weighted by atomic mass is 10.1. The molecule has 1 nitrogen and oxygen atoms in total. The molecule has 0 saturated carbocycles. The molecule has 0 fully saturated rings. The quantitative estimate of drug-likeness (QED) is 0.712. The number of aryl methyl sites for hydroxylation is 4. The van der Waals surface area contributed by atoms with E-state index in [1.807, 2.05) is 25.1 Å². The number of hydrogen-bond donors (Lipinski definition) is 1. The predicted molar refractivity (Wildman–Crippen MR) is 73.5 cm³/mol. The molecule has 0 unspecified atom stereocenters. The maximum Gasteiger partial charge on any atom is 0.118 e. The Morgan fingerprint density at radius 1 is 0.706 bits per heavy atom.